The standard InChI is InChI=1S/C15H18F7NO7S/c1-4-7-23-11(25)13(14(18,19)20,30-10(24)9(2)3)29-8-5-6-12(16,17)15(21,22)31(26,27)28/h4H,1-2,5-8H2,3H3,(H,23,25)(H,26,27,28)/p-1. The Kier molecular flexibility index (Phi) is 9.24. The average Bonchev–Trinajstić information content (AvgIpc) is 2.59. The van der Waals surface area contributed by atoms with Crippen LogP contribution in [0.2, 0.25) is 0 Å². The second-order valence-electron chi connectivity index (χ2n) is 5.91. The molecular formula is C15H17F7NO7S-. The minimum atomic E-state index is -6.80. The molecule has 1 N–H and O–H groups in total. The summed E-state index contributed by atoms with van der Waals surface area (Å²) in [5.74, 6) is -13.7. The molecule has 0 bridgehead atoms. The number of halogens is 7. The van der Waals surface area contributed by atoms with Crippen molar-refractivity contribution in [3.8, 4) is 0 Å². The zero-order valence-electron chi connectivity index (χ0n) is 15.7. The Morgan fingerprint density at radius 3 is 2.03 bits per heavy atom. The van der Waals surface area contributed by atoms with Gasteiger partial charge in [-0.3, -0.25) is 4.79 Å². The molecule has 0 saturated heterocycles. The predicted molar refractivity (Wildman–Crippen MR) is 87.7 cm³/mol. The summed E-state index contributed by atoms with van der Waals surface area (Å²) in [7, 11) is -6.80. The Bertz CT molecular complexity index is 811. The third-order valence-electron chi connectivity index (χ3n) is 3.34. The Morgan fingerprint density at radius 1 is 1.13 bits per heavy atom. The first kappa shape index (κ1) is 28.8. The van der Waals surface area contributed by atoms with E-state index in [1.165, 1.54) is 0 Å². The molecule has 1 atom stereocenters. The van der Waals surface area contributed by atoms with E-state index in [2.05, 4.69) is 22.6 Å². The molecular weight excluding hydrogens is 471 g/mol. The fourth-order valence-electron chi connectivity index (χ4n) is 1.75. The van der Waals surface area contributed by atoms with Gasteiger partial charge in [-0.1, -0.05) is 12.7 Å². The number of amides is 1. The lowest BCUT2D eigenvalue weighted by atomic mass is 10.2. The molecule has 0 aromatic heterocycles. The quantitative estimate of drug-likeness (QED) is 0.0851. The zero-order chi connectivity index (χ0) is 24.9. The number of alkyl halides is 7. The van der Waals surface area contributed by atoms with Crippen LogP contribution >= 0.6 is 0 Å². The molecule has 0 aliphatic heterocycles. The molecule has 0 aliphatic rings. The van der Waals surface area contributed by atoms with Crippen LogP contribution < -0.4 is 5.32 Å². The molecule has 0 saturated carbocycles. The summed E-state index contributed by atoms with van der Waals surface area (Å²) in [6.07, 6.45) is -8.38. The molecule has 8 nitrogen and oxygen atoms in total. The van der Waals surface area contributed by atoms with Crippen LogP contribution in [-0.2, 0) is 29.2 Å². The number of ether oxygens (including phenoxy) is 2. The first-order valence-electron chi connectivity index (χ1n) is 7.96. The van der Waals surface area contributed by atoms with Crippen LogP contribution in [0.3, 0.4) is 0 Å². The summed E-state index contributed by atoms with van der Waals surface area (Å²) in [5.41, 5.74) is -0.611. The van der Waals surface area contributed by atoms with Crippen molar-refractivity contribution in [1.29, 1.82) is 0 Å². The van der Waals surface area contributed by atoms with Crippen molar-refractivity contribution in [3.63, 3.8) is 0 Å². The van der Waals surface area contributed by atoms with Crippen LogP contribution in [0.5, 0.6) is 0 Å². The highest BCUT2D eigenvalue weighted by Gasteiger charge is 2.66. The van der Waals surface area contributed by atoms with Gasteiger partial charge in [0.2, 0.25) is 0 Å². The van der Waals surface area contributed by atoms with E-state index in [-0.39, 0.29) is 0 Å². The molecule has 0 aliphatic carbocycles. The highest BCUT2D eigenvalue weighted by atomic mass is 32.2. The summed E-state index contributed by atoms with van der Waals surface area (Å²) in [6.45, 7) is 4.93. The van der Waals surface area contributed by atoms with Crippen molar-refractivity contribution in [2.75, 3.05) is 13.2 Å². The van der Waals surface area contributed by atoms with Crippen LogP contribution in [-0.4, -0.2) is 61.1 Å². The van der Waals surface area contributed by atoms with Crippen molar-refractivity contribution < 1.29 is 62.8 Å². The Hall–Kier alpha value is -2.20. The van der Waals surface area contributed by atoms with Gasteiger partial charge in [-0.05, 0) is 13.3 Å². The van der Waals surface area contributed by atoms with E-state index in [1.54, 1.807) is 5.32 Å². The van der Waals surface area contributed by atoms with E-state index < -0.39 is 76.7 Å². The van der Waals surface area contributed by atoms with Crippen LogP contribution in [0.4, 0.5) is 30.7 Å². The summed E-state index contributed by atoms with van der Waals surface area (Å²) >= 11 is 0. The second kappa shape index (κ2) is 9.95. The molecule has 0 aromatic carbocycles. The minimum absolute atomic E-state index is 0.573. The minimum Gasteiger partial charge on any atom is -0.743 e. The zero-order valence-corrected chi connectivity index (χ0v) is 16.5. The maximum absolute atomic E-state index is 13.6. The van der Waals surface area contributed by atoms with Crippen molar-refractivity contribution >= 4 is 22.0 Å². The molecule has 16 heteroatoms. The van der Waals surface area contributed by atoms with Crippen molar-refractivity contribution in [1.82, 2.24) is 5.32 Å². The maximum atomic E-state index is 13.6. The first-order chi connectivity index (χ1) is 13.8. The van der Waals surface area contributed by atoms with Gasteiger partial charge >= 0.3 is 35.0 Å². The molecule has 31 heavy (non-hydrogen) atoms. The molecule has 0 radical (unpaired) electrons. The number of nitrogens with one attached hydrogen (secondary N) is 1. The molecule has 0 aromatic rings. The number of hydrogen-bond donors (Lipinski definition) is 1. The van der Waals surface area contributed by atoms with Gasteiger partial charge < -0.3 is 19.3 Å². The second-order valence-corrected chi connectivity index (χ2v) is 7.33. The lowest BCUT2D eigenvalue weighted by molar-refractivity contribution is -0.347. The lowest BCUT2D eigenvalue weighted by Crippen LogP contribution is -2.61. The molecule has 180 valence electrons. The van der Waals surface area contributed by atoms with Gasteiger partial charge in [0.15, 0.2) is 10.1 Å². The fourth-order valence-corrected chi connectivity index (χ4v) is 2.21. The van der Waals surface area contributed by atoms with Gasteiger partial charge in [0.1, 0.15) is 0 Å². The molecule has 0 rings (SSSR count). The Balaban J connectivity index is 5.74. The SMILES string of the molecule is C=CCNC(=O)C(OCCCC(F)(F)C(F)(F)S(=O)(=O)[O-])(OC(=O)C(=C)C)C(F)(F)F. The van der Waals surface area contributed by atoms with E-state index >= 15 is 0 Å². The van der Waals surface area contributed by atoms with E-state index in [1.807, 2.05) is 0 Å². The normalized spacial score (nSPS) is 15.0. The molecule has 0 spiro atoms. The number of hydrogen-bond acceptors (Lipinski definition) is 7. The van der Waals surface area contributed by atoms with Crippen LogP contribution in [0.25, 0.3) is 0 Å². The average molecular weight is 488 g/mol. The maximum Gasteiger partial charge on any atom is 0.466 e. The van der Waals surface area contributed by atoms with Gasteiger partial charge in [-0.15, -0.1) is 6.58 Å². The van der Waals surface area contributed by atoms with Gasteiger partial charge in [-0.2, -0.15) is 30.7 Å². The molecule has 1 amide bonds. The van der Waals surface area contributed by atoms with Crippen LogP contribution in [0.1, 0.15) is 19.8 Å². The molecule has 1 unspecified atom stereocenters. The summed E-state index contributed by atoms with van der Waals surface area (Å²) < 4.78 is 133. The van der Waals surface area contributed by atoms with E-state index in [4.69, 9.17) is 0 Å². The van der Waals surface area contributed by atoms with Crippen molar-refractivity contribution in [2.24, 2.45) is 0 Å². The lowest BCUT2D eigenvalue weighted by Gasteiger charge is -2.33. The molecule has 0 heterocycles. The van der Waals surface area contributed by atoms with Crippen LogP contribution in [0, 0.1) is 0 Å². The highest BCUT2D eigenvalue weighted by molar-refractivity contribution is 7.86. The van der Waals surface area contributed by atoms with Gasteiger partial charge in [0.05, 0.1) is 6.61 Å². The van der Waals surface area contributed by atoms with Gasteiger partial charge in [0, 0.05) is 18.5 Å². The van der Waals surface area contributed by atoms with Crippen LogP contribution in [0.15, 0.2) is 24.8 Å². The first-order valence-corrected chi connectivity index (χ1v) is 9.37. The third kappa shape index (κ3) is 6.64. The van der Waals surface area contributed by atoms with E-state index in [9.17, 15) is 53.3 Å². The van der Waals surface area contributed by atoms with Gasteiger partial charge in [0.25, 0.3) is 0 Å². The monoisotopic (exact) mass is 488 g/mol. The Labute approximate surface area is 171 Å². The number of rotatable bonds is 12. The predicted octanol–water partition coefficient (Wildman–Crippen LogP) is 2.24. The van der Waals surface area contributed by atoms with Crippen molar-refractivity contribution in [3.05, 3.63) is 24.8 Å². The fraction of sp³-hybridized carbons (Fsp3) is 0.600. The topological polar surface area (TPSA) is 122 Å². The summed E-state index contributed by atoms with van der Waals surface area (Å²) in [6, 6.07) is 0. The highest BCUT2D eigenvalue weighted by Crippen LogP contribution is 2.42. The number of carbonyl (C=O) groups is 2. The smallest absolute Gasteiger partial charge is 0.466 e. The number of esters is 1. The van der Waals surface area contributed by atoms with Gasteiger partial charge in [-0.25, -0.2) is 13.2 Å². The number of carbonyl (C=O) groups excluding carboxylic acids is 2. The van der Waals surface area contributed by atoms with Crippen molar-refractivity contribution in [2.45, 2.75) is 42.9 Å². The summed E-state index contributed by atoms with van der Waals surface area (Å²) in [5, 5.41) is -4.43. The molecule has 0 fully saturated rings. The summed E-state index contributed by atoms with van der Waals surface area (Å²) in [4.78, 5) is 23.6. The largest absolute Gasteiger partial charge is 0.743 e. The van der Waals surface area contributed by atoms with E-state index in [0.717, 1.165) is 13.0 Å². The Morgan fingerprint density at radius 2 is 1.65 bits per heavy atom. The van der Waals surface area contributed by atoms with E-state index in [0.29, 0.717) is 0 Å². The third-order valence-corrected chi connectivity index (χ3v) is 4.27.